The highest BCUT2D eigenvalue weighted by Gasteiger charge is 2.24. The van der Waals surface area contributed by atoms with Gasteiger partial charge in [-0.3, -0.25) is 4.79 Å². The summed E-state index contributed by atoms with van der Waals surface area (Å²) in [5.41, 5.74) is 3.93. The quantitative estimate of drug-likeness (QED) is 0.579. The molecule has 1 unspecified atom stereocenters. The van der Waals surface area contributed by atoms with Crippen LogP contribution in [-0.4, -0.2) is 32.6 Å². The van der Waals surface area contributed by atoms with Crippen molar-refractivity contribution < 1.29 is 4.79 Å². The molecule has 1 amide bonds. The molecule has 29 heavy (non-hydrogen) atoms. The van der Waals surface area contributed by atoms with Crippen LogP contribution in [0.25, 0.3) is 22.5 Å². The Morgan fingerprint density at radius 2 is 1.72 bits per heavy atom. The van der Waals surface area contributed by atoms with Gasteiger partial charge in [-0.15, -0.1) is 10.2 Å². The molecule has 0 saturated carbocycles. The maximum absolute atomic E-state index is 12.9. The number of nitrogens with zero attached hydrogens (tertiary/aromatic N) is 4. The van der Waals surface area contributed by atoms with Crippen LogP contribution in [0, 0.1) is 5.92 Å². The van der Waals surface area contributed by atoms with Gasteiger partial charge < -0.3 is 4.90 Å². The van der Waals surface area contributed by atoms with E-state index in [-0.39, 0.29) is 11.9 Å². The molecule has 0 aliphatic rings. The Morgan fingerprint density at radius 3 is 2.31 bits per heavy atom. The molecule has 0 fully saturated rings. The number of nitrogens with one attached hydrogen (secondary N) is 1. The number of rotatable bonds is 8. The normalized spacial score (nSPS) is 12.2. The Morgan fingerprint density at radius 1 is 1.03 bits per heavy atom. The SMILES string of the molecule is CCCCC(=O)N(c1ccc(-c2ccccc2-c2nn[nH]n2)cc1)C(C)C(C)C. The van der Waals surface area contributed by atoms with Gasteiger partial charge in [0.1, 0.15) is 0 Å². The van der Waals surface area contributed by atoms with E-state index in [1.165, 1.54) is 0 Å². The third-order valence-corrected chi connectivity index (χ3v) is 5.35. The number of aromatic amines is 1. The smallest absolute Gasteiger partial charge is 0.227 e. The Bertz CT molecular complexity index is 919. The summed E-state index contributed by atoms with van der Waals surface area (Å²) in [6.07, 6.45) is 2.51. The topological polar surface area (TPSA) is 74.8 Å². The number of H-pyrrole nitrogens is 1. The van der Waals surface area contributed by atoms with Crippen molar-refractivity contribution in [3.63, 3.8) is 0 Å². The number of tetrazole rings is 1. The summed E-state index contributed by atoms with van der Waals surface area (Å²) in [7, 11) is 0. The summed E-state index contributed by atoms with van der Waals surface area (Å²) in [5, 5.41) is 14.4. The van der Waals surface area contributed by atoms with Crippen molar-refractivity contribution in [1.82, 2.24) is 20.6 Å². The van der Waals surface area contributed by atoms with Crippen LogP contribution in [-0.2, 0) is 4.79 Å². The molecule has 1 heterocycles. The highest BCUT2D eigenvalue weighted by Crippen LogP contribution is 2.32. The minimum Gasteiger partial charge on any atom is -0.309 e. The molecule has 0 spiro atoms. The summed E-state index contributed by atoms with van der Waals surface area (Å²) in [6, 6.07) is 16.3. The van der Waals surface area contributed by atoms with Gasteiger partial charge in [0.2, 0.25) is 11.7 Å². The number of carbonyl (C=O) groups is 1. The standard InChI is InChI=1S/C23H29N5O/c1-5-6-11-22(29)28(17(4)16(2)3)19-14-12-18(13-15-19)20-9-7-8-10-21(20)23-24-26-27-25-23/h7-10,12-17H,5-6,11H2,1-4H3,(H,24,25,26,27). The van der Waals surface area contributed by atoms with Gasteiger partial charge in [-0.25, -0.2) is 0 Å². The van der Waals surface area contributed by atoms with Crippen LogP contribution in [0.5, 0.6) is 0 Å². The van der Waals surface area contributed by atoms with E-state index in [1.54, 1.807) is 0 Å². The Labute approximate surface area is 172 Å². The van der Waals surface area contributed by atoms with Gasteiger partial charge in [0.15, 0.2) is 0 Å². The summed E-state index contributed by atoms with van der Waals surface area (Å²) in [4.78, 5) is 14.9. The largest absolute Gasteiger partial charge is 0.309 e. The third-order valence-electron chi connectivity index (χ3n) is 5.35. The zero-order valence-electron chi connectivity index (χ0n) is 17.6. The highest BCUT2D eigenvalue weighted by molar-refractivity contribution is 5.94. The van der Waals surface area contributed by atoms with E-state index in [4.69, 9.17) is 0 Å². The fraction of sp³-hybridized carbons (Fsp3) is 0.391. The summed E-state index contributed by atoms with van der Waals surface area (Å²) in [6.45, 7) is 8.54. The molecular weight excluding hydrogens is 362 g/mol. The average molecular weight is 392 g/mol. The number of aromatic nitrogens is 4. The lowest BCUT2D eigenvalue weighted by atomic mass is 9.98. The monoisotopic (exact) mass is 391 g/mol. The second-order valence-electron chi connectivity index (χ2n) is 7.68. The Hall–Kier alpha value is -3.02. The molecule has 0 aliphatic heterocycles. The van der Waals surface area contributed by atoms with E-state index >= 15 is 0 Å². The number of carbonyl (C=O) groups excluding carboxylic acids is 1. The molecule has 3 aromatic rings. The maximum atomic E-state index is 12.9. The lowest BCUT2D eigenvalue weighted by Crippen LogP contribution is -2.41. The molecule has 0 bridgehead atoms. The Kier molecular flexibility index (Phi) is 6.75. The molecular formula is C23H29N5O. The molecule has 0 aliphatic carbocycles. The number of hydrogen-bond acceptors (Lipinski definition) is 4. The molecule has 1 N–H and O–H groups in total. The molecule has 152 valence electrons. The van der Waals surface area contributed by atoms with Gasteiger partial charge in [-0.2, -0.15) is 5.21 Å². The predicted octanol–water partition coefficient (Wildman–Crippen LogP) is 5.10. The van der Waals surface area contributed by atoms with E-state index in [0.717, 1.165) is 35.2 Å². The fourth-order valence-electron chi connectivity index (χ4n) is 3.36. The lowest BCUT2D eigenvalue weighted by Gasteiger charge is -2.32. The first-order valence-electron chi connectivity index (χ1n) is 10.3. The molecule has 0 radical (unpaired) electrons. The number of anilines is 1. The van der Waals surface area contributed by atoms with Crippen LogP contribution in [0.4, 0.5) is 5.69 Å². The zero-order chi connectivity index (χ0) is 20.8. The van der Waals surface area contributed by atoms with Gasteiger partial charge in [0.25, 0.3) is 0 Å². The predicted molar refractivity (Wildman–Crippen MR) is 116 cm³/mol. The molecule has 6 heteroatoms. The van der Waals surface area contributed by atoms with Crippen molar-refractivity contribution in [3.05, 3.63) is 48.5 Å². The van der Waals surface area contributed by atoms with E-state index in [9.17, 15) is 4.79 Å². The highest BCUT2D eigenvalue weighted by atomic mass is 16.2. The molecule has 3 rings (SSSR count). The maximum Gasteiger partial charge on any atom is 0.227 e. The van der Waals surface area contributed by atoms with E-state index in [1.807, 2.05) is 41.3 Å². The molecule has 0 saturated heterocycles. The molecule has 1 atom stereocenters. The molecule has 6 nitrogen and oxygen atoms in total. The van der Waals surface area contributed by atoms with Crippen LogP contribution in [0.3, 0.4) is 0 Å². The first-order valence-corrected chi connectivity index (χ1v) is 10.3. The van der Waals surface area contributed by atoms with Crippen LogP contribution in [0.15, 0.2) is 48.5 Å². The van der Waals surface area contributed by atoms with Gasteiger partial charge in [-0.1, -0.05) is 63.6 Å². The van der Waals surface area contributed by atoms with Crippen molar-refractivity contribution in [2.45, 2.75) is 53.0 Å². The van der Waals surface area contributed by atoms with Gasteiger partial charge >= 0.3 is 0 Å². The number of benzene rings is 2. The van der Waals surface area contributed by atoms with E-state index in [2.05, 4.69) is 60.5 Å². The van der Waals surface area contributed by atoms with Crippen molar-refractivity contribution in [2.75, 3.05) is 4.90 Å². The first kappa shape index (κ1) is 20.7. The van der Waals surface area contributed by atoms with Crippen molar-refractivity contribution in [2.24, 2.45) is 5.92 Å². The average Bonchev–Trinajstić information content (AvgIpc) is 3.27. The van der Waals surface area contributed by atoms with Gasteiger partial charge in [0, 0.05) is 23.7 Å². The second-order valence-corrected chi connectivity index (χ2v) is 7.68. The first-order chi connectivity index (χ1) is 14.0. The van der Waals surface area contributed by atoms with E-state index in [0.29, 0.717) is 18.2 Å². The molecule has 2 aromatic carbocycles. The fourth-order valence-corrected chi connectivity index (χ4v) is 3.36. The number of unbranched alkanes of at least 4 members (excludes halogenated alkanes) is 1. The van der Waals surface area contributed by atoms with Crippen molar-refractivity contribution >= 4 is 11.6 Å². The Balaban J connectivity index is 1.93. The van der Waals surface area contributed by atoms with Gasteiger partial charge in [0.05, 0.1) is 0 Å². The molecule has 1 aromatic heterocycles. The van der Waals surface area contributed by atoms with Crippen LogP contribution in [0.2, 0.25) is 0 Å². The van der Waals surface area contributed by atoms with Crippen molar-refractivity contribution in [3.8, 4) is 22.5 Å². The van der Waals surface area contributed by atoms with Crippen molar-refractivity contribution in [1.29, 1.82) is 0 Å². The zero-order valence-corrected chi connectivity index (χ0v) is 17.6. The number of hydrogen-bond donors (Lipinski definition) is 1. The minimum atomic E-state index is 0.136. The van der Waals surface area contributed by atoms with Crippen LogP contribution < -0.4 is 4.90 Å². The summed E-state index contributed by atoms with van der Waals surface area (Å²) < 4.78 is 0. The van der Waals surface area contributed by atoms with Crippen LogP contribution >= 0.6 is 0 Å². The summed E-state index contributed by atoms with van der Waals surface area (Å²) >= 11 is 0. The lowest BCUT2D eigenvalue weighted by molar-refractivity contribution is -0.119. The van der Waals surface area contributed by atoms with Crippen LogP contribution in [0.1, 0.15) is 47.0 Å². The number of amides is 1. The minimum absolute atomic E-state index is 0.136. The summed E-state index contributed by atoms with van der Waals surface area (Å²) in [5.74, 6) is 1.13. The third kappa shape index (κ3) is 4.70. The van der Waals surface area contributed by atoms with Gasteiger partial charge in [-0.05, 0) is 47.7 Å². The second kappa shape index (κ2) is 9.45. The van der Waals surface area contributed by atoms with E-state index < -0.39 is 0 Å².